The zero-order valence-corrected chi connectivity index (χ0v) is 16.6. The molecule has 1 aliphatic carbocycles. The Balaban J connectivity index is 1.42. The van der Waals surface area contributed by atoms with Crippen LogP contribution in [0.15, 0.2) is 30.0 Å². The van der Waals surface area contributed by atoms with E-state index in [0.717, 1.165) is 24.8 Å². The van der Waals surface area contributed by atoms with E-state index in [1.165, 1.54) is 11.3 Å². The molecule has 29 heavy (non-hydrogen) atoms. The fourth-order valence-electron chi connectivity index (χ4n) is 3.65. The van der Waals surface area contributed by atoms with Crippen LogP contribution in [0, 0.1) is 11.8 Å². The van der Waals surface area contributed by atoms with Crippen molar-refractivity contribution in [3.8, 4) is 11.3 Å². The number of pyridine rings is 1. The maximum Gasteiger partial charge on any atom is 0.282 e. The summed E-state index contributed by atoms with van der Waals surface area (Å²) < 4.78 is 1.85. The molecule has 1 atom stereocenters. The maximum atomic E-state index is 12.7. The van der Waals surface area contributed by atoms with Gasteiger partial charge in [0, 0.05) is 61.1 Å². The van der Waals surface area contributed by atoms with Crippen LogP contribution in [0.4, 0.5) is 5.69 Å². The summed E-state index contributed by atoms with van der Waals surface area (Å²) in [6.07, 6.45) is 8.09. The summed E-state index contributed by atoms with van der Waals surface area (Å²) in [4.78, 5) is 35.6. The van der Waals surface area contributed by atoms with Crippen LogP contribution in [0.2, 0.25) is 0 Å². The maximum absolute atomic E-state index is 12.7. The third-order valence-corrected chi connectivity index (χ3v) is 6.34. The second-order valence-electron chi connectivity index (χ2n) is 7.69. The molecule has 3 aromatic rings. The molecule has 9 heteroatoms. The van der Waals surface area contributed by atoms with Gasteiger partial charge in [-0.2, -0.15) is 0 Å². The summed E-state index contributed by atoms with van der Waals surface area (Å²) in [5, 5.41) is 14.6. The van der Waals surface area contributed by atoms with Crippen molar-refractivity contribution in [2.75, 3.05) is 25.0 Å². The highest BCUT2D eigenvalue weighted by Gasteiger charge is 2.30. The standard InChI is InChI=1S/C20H21N5O3S/c26-10-12-3-5-25(8-12)20(28)19-23-16(11-29-19)14-7-15(22-18(27)13-1-2-13)17-21-4-6-24(17)9-14/h4,6-7,9,11-13,26H,1-3,5,8,10H2,(H,22,27). The van der Waals surface area contributed by atoms with Crippen LogP contribution in [0.5, 0.6) is 0 Å². The third-order valence-electron chi connectivity index (χ3n) is 5.51. The Morgan fingerprint density at radius 3 is 2.93 bits per heavy atom. The van der Waals surface area contributed by atoms with Crippen molar-refractivity contribution in [1.82, 2.24) is 19.3 Å². The van der Waals surface area contributed by atoms with Gasteiger partial charge >= 0.3 is 0 Å². The number of aliphatic hydroxyl groups is 1. The molecule has 2 fully saturated rings. The monoisotopic (exact) mass is 411 g/mol. The van der Waals surface area contributed by atoms with Crippen molar-refractivity contribution in [3.63, 3.8) is 0 Å². The predicted molar refractivity (Wildman–Crippen MR) is 109 cm³/mol. The molecular weight excluding hydrogens is 390 g/mol. The Hall–Kier alpha value is -2.78. The van der Waals surface area contributed by atoms with Gasteiger partial charge in [0.1, 0.15) is 0 Å². The van der Waals surface area contributed by atoms with Crippen molar-refractivity contribution >= 4 is 34.5 Å². The molecule has 1 unspecified atom stereocenters. The summed E-state index contributed by atoms with van der Waals surface area (Å²) in [6, 6.07) is 1.86. The molecule has 1 saturated heterocycles. The molecule has 150 valence electrons. The molecule has 2 amide bonds. The van der Waals surface area contributed by atoms with Gasteiger partial charge in [0.2, 0.25) is 5.91 Å². The Bertz CT molecular complexity index is 1090. The van der Waals surface area contributed by atoms with E-state index < -0.39 is 0 Å². The van der Waals surface area contributed by atoms with Gasteiger partial charge in [0.05, 0.1) is 11.4 Å². The molecule has 2 N–H and O–H groups in total. The number of rotatable bonds is 5. The van der Waals surface area contributed by atoms with E-state index in [2.05, 4.69) is 15.3 Å². The van der Waals surface area contributed by atoms with Crippen LogP contribution in [0.25, 0.3) is 16.9 Å². The Kier molecular flexibility index (Phi) is 4.56. The Morgan fingerprint density at radius 2 is 2.17 bits per heavy atom. The Morgan fingerprint density at radius 1 is 1.31 bits per heavy atom. The van der Waals surface area contributed by atoms with Gasteiger partial charge in [-0.05, 0) is 25.3 Å². The number of carbonyl (C=O) groups excluding carboxylic acids is 2. The first-order valence-electron chi connectivity index (χ1n) is 9.76. The highest BCUT2D eigenvalue weighted by Crippen LogP contribution is 2.32. The molecule has 4 heterocycles. The molecule has 8 nitrogen and oxygen atoms in total. The van der Waals surface area contributed by atoms with E-state index in [0.29, 0.717) is 35.1 Å². The summed E-state index contributed by atoms with van der Waals surface area (Å²) in [7, 11) is 0. The molecule has 0 bridgehead atoms. The van der Waals surface area contributed by atoms with Gasteiger partial charge in [-0.25, -0.2) is 9.97 Å². The number of nitrogens with one attached hydrogen (secondary N) is 1. The number of nitrogens with zero attached hydrogens (tertiary/aromatic N) is 4. The summed E-state index contributed by atoms with van der Waals surface area (Å²) in [5.74, 6) is 0.178. The summed E-state index contributed by atoms with van der Waals surface area (Å²) in [6.45, 7) is 1.33. The van der Waals surface area contributed by atoms with Gasteiger partial charge in [-0.15, -0.1) is 11.3 Å². The number of hydrogen-bond donors (Lipinski definition) is 2. The van der Waals surface area contributed by atoms with Gasteiger partial charge in [0.15, 0.2) is 10.7 Å². The number of aromatic nitrogens is 3. The van der Waals surface area contributed by atoms with E-state index >= 15 is 0 Å². The van der Waals surface area contributed by atoms with Crippen LogP contribution < -0.4 is 5.32 Å². The number of likely N-dealkylation sites (tertiary alicyclic amines) is 1. The average molecular weight is 411 g/mol. The zero-order valence-electron chi connectivity index (χ0n) is 15.7. The summed E-state index contributed by atoms with van der Waals surface area (Å²) >= 11 is 1.31. The lowest BCUT2D eigenvalue weighted by molar-refractivity contribution is -0.117. The van der Waals surface area contributed by atoms with Crippen molar-refractivity contribution in [3.05, 3.63) is 35.0 Å². The van der Waals surface area contributed by atoms with E-state index in [9.17, 15) is 14.7 Å². The highest BCUT2D eigenvalue weighted by atomic mass is 32.1. The van der Waals surface area contributed by atoms with Crippen LogP contribution in [-0.4, -0.2) is 55.9 Å². The fourth-order valence-corrected chi connectivity index (χ4v) is 4.44. The lowest BCUT2D eigenvalue weighted by Crippen LogP contribution is -2.29. The third kappa shape index (κ3) is 3.51. The first kappa shape index (κ1) is 18.3. The summed E-state index contributed by atoms with van der Waals surface area (Å²) in [5.41, 5.74) is 2.83. The smallest absolute Gasteiger partial charge is 0.282 e. The number of carbonyl (C=O) groups is 2. The number of imidazole rings is 1. The minimum Gasteiger partial charge on any atom is -0.396 e. The molecule has 1 saturated carbocycles. The molecule has 5 rings (SSSR count). The van der Waals surface area contributed by atoms with Gasteiger partial charge in [0.25, 0.3) is 5.91 Å². The van der Waals surface area contributed by atoms with Gasteiger partial charge in [-0.1, -0.05) is 0 Å². The molecule has 0 radical (unpaired) electrons. The van der Waals surface area contributed by atoms with E-state index in [1.807, 2.05) is 28.2 Å². The molecule has 0 aromatic carbocycles. The SMILES string of the molecule is O=C(Nc1cc(-c2csc(C(=O)N3CCC(CO)C3)n2)cn2ccnc12)C1CC1. The van der Waals surface area contributed by atoms with Crippen LogP contribution in [0.1, 0.15) is 29.1 Å². The molecule has 0 spiro atoms. The number of hydrogen-bond acceptors (Lipinski definition) is 6. The number of thiazole rings is 1. The van der Waals surface area contributed by atoms with Crippen molar-refractivity contribution in [2.45, 2.75) is 19.3 Å². The highest BCUT2D eigenvalue weighted by molar-refractivity contribution is 7.12. The van der Waals surface area contributed by atoms with Crippen molar-refractivity contribution in [1.29, 1.82) is 0 Å². The lowest BCUT2D eigenvalue weighted by Gasteiger charge is -2.14. The minimum absolute atomic E-state index is 0.0219. The van der Waals surface area contributed by atoms with Crippen molar-refractivity contribution < 1.29 is 14.7 Å². The first-order chi connectivity index (χ1) is 14.1. The molecular formula is C20H21N5O3S. The second-order valence-corrected chi connectivity index (χ2v) is 8.55. The topological polar surface area (TPSA) is 99.8 Å². The number of anilines is 1. The largest absolute Gasteiger partial charge is 0.396 e. The molecule has 1 aliphatic heterocycles. The molecule has 2 aliphatic rings. The van der Waals surface area contributed by atoms with Crippen LogP contribution in [-0.2, 0) is 4.79 Å². The number of aliphatic hydroxyl groups excluding tert-OH is 1. The van der Waals surface area contributed by atoms with E-state index in [4.69, 9.17) is 0 Å². The van der Waals surface area contributed by atoms with E-state index in [1.54, 1.807) is 11.1 Å². The quantitative estimate of drug-likeness (QED) is 0.671. The van der Waals surface area contributed by atoms with Crippen molar-refractivity contribution in [2.24, 2.45) is 11.8 Å². The number of fused-ring (bicyclic) bond motifs is 1. The predicted octanol–water partition coefficient (Wildman–Crippen LogP) is 2.26. The zero-order chi connectivity index (χ0) is 20.0. The molecule has 3 aromatic heterocycles. The second kappa shape index (κ2) is 7.23. The minimum atomic E-state index is -0.0943. The van der Waals surface area contributed by atoms with E-state index in [-0.39, 0.29) is 30.3 Å². The van der Waals surface area contributed by atoms with Crippen LogP contribution in [0.3, 0.4) is 0 Å². The van der Waals surface area contributed by atoms with Gasteiger partial charge < -0.3 is 19.7 Å². The normalized spacial score (nSPS) is 19.1. The first-order valence-corrected chi connectivity index (χ1v) is 10.6. The number of amides is 2. The fraction of sp³-hybridized carbons (Fsp3) is 0.400. The van der Waals surface area contributed by atoms with Crippen LogP contribution >= 0.6 is 11.3 Å². The average Bonchev–Trinajstić information content (AvgIpc) is 3.15. The van der Waals surface area contributed by atoms with Gasteiger partial charge in [-0.3, -0.25) is 9.59 Å². The Labute approximate surface area is 171 Å². The lowest BCUT2D eigenvalue weighted by atomic mass is 10.1.